The van der Waals surface area contributed by atoms with Gasteiger partial charge in [0.2, 0.25) is 0 Å². The van der Waals surface area contributed by atoms with Crippen LogP contribution in [0.3, 0.4) is 0 Å². The van der Waals surface area contributed by atoms with Gasteiger partial charge in [0.25, 0.3) is 10.2 Å². The van der Waals surface area contributed by atoms with E-state index in [1.165, 1.54) is 4.31 Å². The van der Waals surface area contributed by atoms with Crippen molar-refractivity contribution in [2.75, 3.05) is 31.1 Å². The van der Waals surface area contributed by atoms with Crippen LogP contribution in [0.15, 0.2) is 0 Å². The second-order valence-corrected chi connectivity index (χ2v) is 7.36. The summed E-state index contributed by atoms with van der Waals surface area (Å²) in [4.78, 5) is 9.90. The van der Waals surface area contributed by atoms with E-state index in [0.717, 1.165) is 0 Å². The monoisotopic (exact) mass is 331 g/mol. The summed E-state index contributed by atoms with van der Waals surface area (Å²) in [6.07, 6.45) is 0. The second kappa shape index (κ2) is 6.43. The number of aryl methyl sites for hydroxylation is 2. The predicted molar refractivity (Wildman–Crippen MR) is 82.4 cm³/mol. The number of hydrogen-bond acceptors (Lipinski definition) is 5. The molecule has 0 amide bonds. The minimum Gasteiger partial charge on any atom is -0.351 e. The highest BCUT2D eigenvalue weighted by molar-refractivity contribution is 7.87. The van der Waals surface area contributed by atoms with Crippen molar-refractivity contribution >= 4 is 16.0 Å². The van der Waals surface area contributed by atoms with Crippen LogP contribution in [-0.4, -0.2) is 54.9 Å². The fraction of sp³-hybridized carbons (Fsp3) is 0.692. The van der Waals surface area contributed by atoms with Gasteiger partial charge in [0.1, 0.15) is 5.82 Å². The van der Waals surface area contributed by atoms with Crippen LogP contribution in [0.5, 0.6) is 0 Å². The molecule has 1 aromatic rings. The Morgan fingerprint density at radius 3 is 2.27 bits per heavy atom. The Morgan fingerprint density at radius 1 is 1.14 bits per heavy atom. The molecule has 0 radical (unpaired) electrons. The number of aromatic nitrogens is 2. The number of rotatable bonds is 4. The Labute approximate surface area is 130 Å². The standard InChI is InChI=1S/C13H22FN5O2S/c1-9(2)17-22(20,21)19-7-5-18(6-8-19)13-12(14)10(3)15-11(4)16-13/h9,17H,5-8H2,1-4H3. The van der Waals surface area contributed by atoms with Crippen molar-refractivity contribution in [1.29, 1.82) is 0 Å². The lowest BCUT2D eigenvalue weighted by Gasteiger charge is -2.35. The van der Waals surface area contributed by atoms with Gasteiger partial charge in [0.15, 0.2) is 11.6 Å². The molecular weight excluding hydrogens is 309 g/mol. The molecule has 0 aliphatic carbocycles. The van der Waals surface area contributed by atoms with Gasteiger partial charge in [-0.1, -0.05) is 0 Å². The molecule has 0 saturated carbocycles. The Morgan fingerprint density at radius 2 is 1.73 bits per heavy atom. The van der Waals surface area contributed by atoms with E-state index in [2.05, 4.69) is 14.7 Å². The Kier molecular flexibility index (Phi) is 4.98. The van der Waals surface area contributed by atoms with Gasteiger partial charge in [0.05, 0.1) is 5.69 Å². The highest BCUT2D eigenvalue weighted by Crippen LogP contribution is 2.20. The predicted octanol–water partition coefficient (Wildman–Crippen LogP) is 0.597. The van der Waals surface area contributed by atoms with Crippen LogP contribution in [0.4, 0.5) is 10.2 Å². The summed E-state index contributed by atoms with van der Waals surface area (Å²) in [6, 6.07) is -0.160. The fourth-order valence-corrected chi connectivity index (χ4v) is 3.79. The lowest BCUT2D eigenvalue weighted by molar-refractivity contribution is 0.372. The number of piperazine rings is 1. The van der Waals surface area contributed by atoms with Gasteiger partial charge >= 0.3 is 0 Å². The maximum Gasteiger partial charge on any atom is 0.279 e. The zero-order chi connectivity index (χ0) is 16.5. The molecule has 1 aromatic heterocycles. The van der Waals surface area contributed by atoms with Crippen LogP contribution in [-0.2, 0) is 10.2 Å². The topological polar surface area (TPSA) is 78.4 Å². The summed E-state index contributed by atoms with van der Waals surface area (Å²) in [7, 11) is -3.48. The van der Waals surface area contributed by atoms with Crippen molar-refractivity contribution in [3.05, 3.63) is 17.3 Å². The molecule has 1 N–H and O–H groups in total. The summed E-state index contributed by atoms with van der Waals surface area (Å²) in [5, 5.41) is 0. The molecule has 9 heteroatoms. The van der Waals surface area contributed by atoms with E-state index in [9.17, 15) is 12.8 Å². The highest BCUT2D eigenvalue weighted by Gasteiger charge is 2.29. The van der Waals surface area contributed by atoms with Gasteiger partial charge in [-0.15, -0.1) is 0 Å². The molecule has 22 heavy (non-hydrogen) atoms. The normalized spacial score (nSPS) is 17.3. The lowest BCUT2D eigenvalue weighted by Crippen LogP contribution is -2.53. The largest absolute Gasteiger partial charge is 0.351 e. The highest BCUT2D eigenvalue weighted by atomic mass is 32.2. The molecule has 7 nitrogen and oxygen atoms in total. The van der Waals surface area contributed by atoms with E-state index in [0.29, 0.717) is 37.7 Å². The zero-order valence-corrected chi connectivity index (χ0v) is 14.1. The van der Waals surface area contributed by atoms with Crippen molar-refractivity contribution < 1.29 is 12.8 Å². The maximum absolute atomic E-state index is 14.2. The van der Waals surface area contributed by atoms with Crippen LogP contribution in [0.25, 0.3) is 0 Å². The van der Waals surface area contributed by atoms with Crippen molar-refractivity contribution in [1.82, 2.24) is 19.0 Å². The first-order valence-electron chi connectivity index (χ1n) is 7.24. The third-order valence-electron chi connectivity index (χ3n) is 3.37. The van der Waals surface area contributed by atoms with Crippen LogP contribution in [0.1, 0.15) is 25.4 Å². The Bertz CT molecular complexity index is 642. The van der Waals surface area contributed by atoms with Gasteiger partial charge in [0, 0.05) is 32.2 Å². The summed E-state index contributed by atoms with van der Waals surface area (Å²) in [5.41, 5.74) is 0.305. The molecule has 0 unspecified atom stereocenters. The van der Waals surface area contributed by atoms with Crippen molar-refractivity contribution in [2.45, 2.75) is 33.7 Å². The summed E-state index contributed by atoms with van der Waals surface area (Å²) >= 11 is 0. The van der Waals surface area contributed by atoms with Gasteiger partial charge in [-0.05, 0) is 27.7 Å². The molecule has 0 atom stereocenters. The second-order valence-electron chi connectivity index (χ2n) is 5.66. The van der Waals surface area contributed by atoms with Crippen molar-refractivity contribution in [2.24, 2.45) is 0 Å². The average molecular weight is 331 g/mol. The third-order valence-corrected chi connectivity index (χ3v) is 5.19. The molecule has 1 saturated heterocycles. The maximum atomic E-state index is 14.2. The minimum absolute atomic E-state index is 0.160. The smallest absolute Gasteiger partial charge is 0.279 e. The van der Waals surface area contributed by atoms with Crippen molar-refractivity contribution in [3.63, 3.8) is 0 Å². The quantitative estimate of drug-likeness (QED) is 0.874. The molecule has 1 fully saturated rings. The first kappa shape index (κ1) is 17.0. The molecule has 0 bridgehead atoms. The van der Waals surface area contributed by atoms with E-state index in [-0.39, 0.29) is 11.9 Å². The number of nitrogens with one attached hydrogen (secondary N) is 1. The van der Waals surface area contributed by atoms with E-state index in [1.807, 2.05) is 0 Å². The molecule has 2 rings (SSSR count). The average Bonchev–Trinajstić information content (AvgIpc) is 2.41. The lowest BCUT2D eigenvalue weighted by atomic mass is 10.3. The molecular formula is C13H22FN5O2S. The molecule has 0 aromatic carbocycles. The molecule has 124 valence electrons. The molecule has 0 spiro atoms. The zero-order valence-electron chi connectivity index (χ0n) is 13.3. The Hall–Kier alpha value is -1.32. The fourth-order valence-electron chi connectivity index (χ4n) is 2.40. The molecule has 2 heterocycles. The van der Waals surface area contributed by atoms with E-state index < -0.39 is 16.0 Å². The van der Waals surface area contributed by atoms with Gasteiger partial charge in [-0.3, -0.25) is 0 Å². The van der Waals surface area contributed by atoms with E-state index in [4.69, 9.17) is 0 Å². The van der Waals surface area contributed by atoms with E-state index >= 15 is 0 Å². The summed E-state index contributed by atoms with van der Waals surface area (Å²) < 4.78 is 42.3. The number of nitrogens with zero attached hydrogens (tertiary/aromatic N) is 4. The van der Waals surface area contributed by atoms with Crippen LogP contribution >= 0.6 is 0 Å². The van der Waals surface area contributed by atoms with Gasteiger partial charge in [-0.2, -0.15) is 17.4 Å². The summed E-state index contributed by atoms with van der Waals surface area (Å²) in [5.74, 6) is 0.312. The SMILES string of the molecule is Cc1nc(C)c(F)c(N2CCN(S(=O)(=O)NC(C)C)CC2)n1. The van der Waals surface area contributed by atoms with Gasteiger partial charge < -0.3 is 4.90 Å². The molecule has 1 aliphatic rings. The number of halogens is 1. The van der Waals surface area contributed by atoms with Crippen LogP contribution < -0.4 is 9.62 Å². The third kappa shape index (κ3) is 3.71. The Balaban J connectivity index is 2.10. The summed E-state index contributed by atoms with van der Waals surface area (Å²) in [6.45, 7) is 8.24. The van der Waals surface area contributed by atoms with Crippen molar-refractivity contribution in [3.8, 4) is 0 Å². The number of anilines is 1. The van der Waals surface area contributed by atoms with Gasteiger partial charge in [-0.25, -0.2) is 14.4 Å². The van der Waals surface area contributed by atoms with Crippen LogP contribution in [0.2, 0.25) is 0 Å². The molecule has 1 aliphatic heterocycles. The first-order valence-corrected chi connectivity index (χ1v) is 8.68. The minimum atomic E-state index is -3.48. The number of hydrogen-bond donors (Lipinski definition) is 1. The van der Waals surface area contributed by atoms with Crippen LogP contribution in [0, 0.1) is 19.7 Å². The first-order chi connectivity index (χ1) is 10.2. The van der Waals surface area contributed by atoms with E-state index in [1.54, 1.807) is 32.6 Å².